The summed E-state index contributed by atoms with van der Waals surface area (Å²) in [5.41, 5.74) is 5.79. The van der Waals surface area contributed by atoms with Gasteiger partial charge >= 0.3 is 0 Å². The Morgan fingerprint density at radius 1 is 0.862 bits per heavy atom. The number of carbonyl (C=O) groups is 1. The molecule has 29 heavy (non-hydrogen) atoms. The minimum absolute atomic E-state index is 0.261. The zero-order valence-corrected chi connectivity index (χ0v) is 16.7. The summed E-state index contributed by atoms with van der Waals surface area (Å²) in [6.45, 7) is 0. The predicted octanol–water partition coefficient (Wildman–Crippen LogP) is 5.51. The van der Waals surface area contributed by atoms with E-state index in [2.05, 4.69) is 59.6 Å². The van der Waals surface area contributed by atoms with Crippen LogP contribution in [0.1, 0.15) is 28.8 Å². The highest BCUT2D eigenvalue weighted by molar-refractivity contribution is 5.83. The quantitative estimate of drug-likeness (QED) is 0.436. The maximum Gasteiger partial charge on any atom is 0.137 e. The summed E-state index contributed by atoms with van der Waals surface area (Å²) < 4.78 is 5.27. The minimum atomic E-state index is 0.261. The van der Waals surface area contributed by atoms with Crippen LogP contribution in [0.5, 0.6) is 5.75 Å². The average Bonchev–Trinajstić information content (AvgIpc) is 3.16. The van der Waals surface area contributed by atoms with Crippen LogP contribution in [-0.4, -0.2) is 17.9 Å². The van der Waals surface area contributed by atoms with Gasteiger partial charge in [0.05, 0.1) is 7.11 Å². The molecule has 1 heterocycles. The van der Waals surface area contributed by atoms with Crippen molar-refractivity contribution in [3.63, 3.8) is 0 Å². The third kappa shape index (κ3) is 4.94. The molecule has 0 fully saturated rings. The molecule has 0 saturated heterocycles. The second-order valence-corrected chi connectivity index (χ2v) is 7.44. The van der Waals surface area contributed by atoms with Gasteiger partial charge in [0, 0.05) is 29.4 Å². The summed E-state index contributed by atoms with van der Waals surface area (Å²) in [5.74, 6) is 1.10. The van der Waals surface area contributed by atoms with Crippen molar-refractivity contribution < 1.29 is 9.53 Å². The molecule has 4 aromatic rings. The highest BCUT2D eigenvalue weighted by Gasteiger charge is 2.08. The van der Waals surface area contributed by atoms with E-state index < -0.39 is 0 Å². The first-order valence-electron chi connectivity index (χ1n) is 9.99. The first-order valence-corrected chi connectivity index (χ1v) is 9.99. The fourth-order valence-corrected chi connectivity index (χ4v) is 3.63. The Morgan fingerprint density at radius 2 is 1.59 bits per heavy atom. The zero-order chi connectivity index (χ0) is 20.1. The molecule has 0 atom stereocenters. The van der Waals surface area contributed by atoms with Crippen LogP contribution in [0.3, 0.4) is 0 Å². The Balaban J connectivity index is 1.31. The molecule has 0 unspecified atom stereocenters. The molecule has 1 aromatic heterocycles. The van der Waals surface area contributed by atoms with Crippen molar-refractivity contribution in [3.05, 3.63) is 101 Å². The molecular weight excluding hydrogens is 358 g/mol. The van der Waals surface area contributed by atoms with E-state index in [4.69, 9.17) is 4.74 Å². The Morgan fingerprint density at radius 3 is 2.34 bits per heavy atom. The number of H-pyrrole nitrogens is 1. The second kappa shape index (κ2) is 8.78. The monoisotopic (exact) mass is 383 g/mol. The molecule has 1 N–H and O–H groups in total. The summed E-state index contributed by atoms with van der Waals surface area (Å²) in [4.78, 5) is 15.8. The Bertz CT molecular complexity index is 1090. The molecule has 0 amide bonds. The summed E-state index contributed by atoms with van der Waals surface area (Å²) in [7, 11) is 1.67. The molecule has 0 bridgehead atoms. The molecule has 0 saturated carbocycles. The molecule has 4 rings (SSSR count). The Labute approximate surface area is 171 Å². The number of aromatic nitrogens is 1. The third-order valence-corrected chi connectivity index (χ3v) is 5.23. The van der Waals surface area contributed by atoms with E-state index in [1.165, 1.54) is 11.1 Å². The predicted molar refractivity (Wildman–Crippen MR) is 118 cm³/mol. The fraction of sp³-hybridized carbons (Fsp3) is 0.192. The van der Waals surface area contributed by atoms with Gasteiger partial charge in [-0.1, -0.05) is 54.6 Å². The van der Waals surface area contributed by atoms with E-state index in [9.17, 15) is 4.79 Å². The molecule has 146 valence electrons. The maximum atomic E-state index is 12.4. The van der Waals surface area contributed by atoms with Crippen LogP contribution >= 0.6 is 0 Å². The molecule has 0 radical (unpaired) electrons. The lowest BCUT2D eigenvalue weighted by atomic mass is 10.0. The van der Waals surface area contributed by atoms with Crippen LogP contribution in [0.4, 0.5) is 0 Å². The molecule has 3 nitrogen and oxygen atoms in total. The molecule has 0 spiro atoms. The van der Waals surface area contributed by atoms with Crippen molar-refractivity contribution in [3.8, 4) is 5.75 Å². The van der Waals surface area contributed by atoms with E-state index in [0.717, 1.165) is 40.8 Å². The van der Waals surface area contributed by atoms with Gasteiger partial charge in [-0.15, -0.1) is 0 Å². The van der Waals surface area contributed by atoms with E-state index in [0.29, 0.717) is 12.8 Å². The summed E-state index contributed by atoms with van der Waals surface area (Å²) in [6.07, 6.45) is 2.66. The van der Waals surface area contributed by atoms with Gasteiger partial charge in [0.25, 0.3) is 0 Å². The number of hydrogen-bond acceptors (Lipinski definition) is 2. The van der Waals surface area contributed by atoms with Gasteiger partial charge in [-0.3, -0.25) is 4.79 Å². The van der Waals surface area contributed by atoms with Crippen LogP contribution in [0, 0.1) is 0 Å². The van der Waals surface area contributed by atoms with Crippen LogP contribution < -0.4 is 4.74 Å². The molecular formula is C26H25NO2. The highest BCUT2D eigenvalue weighted by atomic mass is 16.5. The number of methoxy groups -OCH3 is 1. The van der Waals surface area contributed by atoms with E-state index in [-0.39, 0.29) is 5.78 Å². The van der Waals surface area contributed by atoms with E-state index in [1.54, 1.807) is 7.11 Å². The van der Waals surface area contributed by atoms with Crippen LogP contribution in [0.15, 0.2) is 78.9 Å². The Hall–Kier alpha value is -3.33. The summed E-state index contributed by atoms with van der Waals surface area (Å²) >= 11 is 0. The van der Waals surface area contributed by atoms with Gasteiger partial charge in [0.2, 0.25) is 0 Å². The van der Waals surface area contributed by atoms with Gasteiger partial charge in [-0.25, -0.2) is 0 Å². The average molecular weight is 383 g/mol. The number of rotatable bonds is 8. The number of nitrogens with one attached hydrogen (secondary N) is 1. The lowest BCUT2D eigenvalue weighted by Gasteiger charge is -2.05. The molecule has 0 aliphatic carbocycles. The number of Topliss-reactive ketones (excluding diaryl/α,β-unsaturated/α-hetero) is 1. The van der Waals surface area contributed by atoms with Gasteiger partial charge in [0.15, 0.2) is 0 Å². The van der Waals surface area contributed by atoms with Crippen molar-refractivity contribution in [1.82, 2.24) is 4.98 Å². The SMILES string of the molecule is COc1ccc2[nH]c(CCC(=O)Cc3ccc(Cc4ccccc4)cc3)cc2c1. The van der Waals surface area contributed by atoms with Crippen LogP contribution in [0.25, 0.3) is 10.9 Å². The molecule has 0 aliphatic rings. The second-order valence-electron chi connectivity index (χ2n) is 7.44. The number of carbonyl (C=O) groups excluding carboxylic acids is 1. The normalized spacial score (nSPS) is 10.9. The number of aromatic amines is 1. The number of benzene rings is 3. The first kappa shape index (κ1) is 19.0. The molecule has 3 heteroatoms. The number of ether oxygens (including phenoxy) is 1. The van der Waals surface area contributed by atoms with E-state index >= 15 is 0 Å². The number of ketones is 1. The number of aryl methyl sites for hydroxylation is 1. The lowest BCUT2D eigenvalue weighted by molar-refractivity contribution is -0.118. The standard InChI is InChI=1S/C26H25NO2/c1-29-25-13-14-26-22(18-25)17-23(27-26)11-12-24(28)16-21-9-7-20(8-10-21)15-19-5-3-2-4-6-19/h2-10,13-14,17-18,27H,11-12,15-16H2,1H3. The fourth-order valence-electron chi connectivity index (χ4n) is 3.63. The lowest BCUT2D eigenvalue weighted by Crippen LogP contribution is -2.04. The molecule has 3 aromatic carbocycles. The van der Waals surface area contributed by atoms with Crippen molar-refractivity contribution in [1.29, 1.82) is 0 Å². The van der Waals surface area contributed by atoms with Crippen molar-refractivity contribution >= 4 is 16.7 Å². The highest BCUT2D eigenvalue weighted by Crippen LogP contribution is 2.22. The van der Waals surface area contributed by atoms with Gasteiger partial charge in [-0.05, 0) is 53.8 Å². The largest absolute Gasteiger partial charge is 0.497 e. The zero-order valence-electron chi connectivity index (χ0n) is 16.7. The Kier molecular flexibility index (Phi) is 5.76. The van der Waals surface area contributed by atoms with Gasteiger partial charge < -0.3 is 9.72 Å². The third-order valence-electron chi connectivity index (χ3n) is 5.23. The number of fused-ring (bicyclic) bond motifs is 1. The maximum absolute atomic E-state index is 12.4. The number of hydrogen-bond donors (Lipinski definition) is 1. The van der Waals surface area contributed by atoms with Crippen LogP contribution in [-0.2, 0) is 24.1 Å². The summed E-state index contributed by atoms with van der Waals surface area (Å²) in [6, 6.07) is 26.9. The molecule has 0 aliphatic heterocycles. The van der Waals surface area contributed by atoms with Crippen molar-refractivity contribution in [2.45, 2.75) is 25.7 Å². The van der Waals surface area contributed by atoms with Crippen molar-refractivity contribution in [2.75, 3.05) is 7.11 Å². The van der Waals surface area contributed by atoms with Crippen molar-refractivity contribution in [2.24, 2.45) is 0 Å². The first-order chi connectivity index (χ1) is 14.2. The summed E-state index contributed by atoms with van der Waals surface area (Å²) in [5, 5.41) is 1.11. The van der Waals surface area contributed by atoms with Gasteiger partial charge in [-0.2, -0.15) is 0 Å². The topological polar surface area (TPSA) is 42.1 Å². The van der Waals surface area contributed by atoms with Crippen LogP contribution in [0.2, 0.25) is 0 Å². The van der Waals surface area contributed by atoms with Gasteiger partial charge in [0.1, 0.15) is 11.5 Å². The smallest absolute Gasteiger partial charge is 0.137 e. The van der Waals surface area contributed by atoms with E-state index in [1.807, 2.05) is 24.3 Å². The minimum Gasteiger partial charge on any atom is -0.497 e.